The second-order valence-corrected chi connectivity index (χ2v) is 5.97. The van der Waals surface area contributed by atoms with Crippen molar-refractivity contribution in [3.8, 4) is 0 Å². The Morgan fingerprint density at radius 1 is 0.700 bits per heavy atom. The maximum atomic E-state index is 10.6. The SMILES string of the molecule is OC1[C@@H](Cc2ccccc2)CC[C@H]1Cc1ccccc1. The summed E-state index contributed by atoms with van der Waals surface area (Å²) in [6, 6.07) is 21.1. The molecular weight excluding hydrogens is 244 g/mol. The largest absolute Gasteiger partial charge is 0.393 e. The van der Waals surface area contributed by atoms with Crippen LogP contribution in [0.25, 0.3) is 0 Å². The minimum Gasteiger partial charge on any atom is -0.393 e. The highest BCUT2D eigenvalue weighted by Crippen LogP contribution is 2.35. The molecule has 104 valence electrons. The van der Waals surface area contributed by atoms with Gasteiger partial charge in [-0.05, 0) is 48.6 Å². The van der Waals surface area contributed by atoms with Crippen LogP contribution in [0.3, 0.4) is 0 Å². The van der Waals surface area contributed by atoms with Gasteiger partial charge in [-0.2, -0.15) is 0 Å². The Morgan fingerprint density at radius 2 is 1.10 bits per heavy atom. The first-order valence-electron chi connectivity index (χ1n) is 7.59. The highest BCUT2D eigenvalue weighted by molar-refractivity contribution is 5.18. The molecule has 1 aliphatic carbocycles. The third-order valence-electron chi connectivity index (χ3n) is 4.56. The van der Waals surface area contributed by atoms with Crippen LogP contribution < -0.4 is 0 Å². The lowest BCUT2D eigenvalue weighted by molar-refractivity contribution is 0.0909. The van der Waals surface area contributed by atoms with Crippen molar-refractivity contribution in [2.24, 2.45) is 11.8 Å². The average Bonchev–Trinajstić information content (AvgIpc) is 2.83. The third-order valence-corrected chi connectivity index (χ3v) is 4.56. The Hall–Kier alpha value is -1.60. The van der Waals surface area contributed by atoms with E-state index in [2.05, 4.69) is 48.5 Å². The van der Waals surface area contributed by atoms with Crippen molar-refractivity contribution in [2.75, 3.05) is 0 Å². The fourth-order valence-corrected chi connectivity index (χ4v) is 3.43. The molecule has 0 amide bonds. The van der Waals surface area contributed by atoms with Crippen LogP contribution in [0.4, 0.5) is 0 Å². The Labute approximate surface area is 121 Å². The average molecular weight is 266 g/mol. The number of hydrogen-bond acceptors (Lipinski definition) is 1. The minimum atomic E-state index is -0.157. The first-order valence-corrected chi connectivity index (χ1v) is 7.59. The molecule has 1 saturated carbocycles. The monoisotopic (exact) mass is 266 g/mol. The van der Waals surface area contributed by atoms with E-state index in [1.165, 1.54) is 11.1 Å². The summed E-state index contributed by atoms with van der Waals surface area (Å²) in [5.74, 6) is 0.845. The van der Waals surface area contributed by atoms with E-state index in [0.717, 1.165) is 25.7 Å². The summed E-state index contributed by atoms with van der Waals surface area (Å²) in [5.41, 5.74) is 2.69. The van der Waals surface area contributed by atoms with Gasteiger partial charge in [0, 0.05) is 0 Å². The first-order chi connectivity index (χ1) is 9.83. The Balaban J connectivity index is 1.61. The fourth-order valence-electron chi connectivity index (χ4n) is 3.43. The summed E-state index contributed by atoms with van der Waals surface area (Å²) in [7, 11) is 0. The van der Waals surface area contributed by atoms with Gasteiger partial charge in [-0.1, -0.05) is 60.7 Å². The van der Waals surface area contributed by atoms with E-state index >= 15 is 0 Å². The Kier molecular flexibility index (Phi) is 4.17. The number of aliphatic hydroxyl groups excluding tert-OH is 1. The number of benzene rings is 2. The molecule has 0 radical (unpaired) electrons. The molecule has 3 rings (SSSR count). The van der Waals surface area contributed by atoms with Crippen LogP contribution in [0.15, 0.2) is 60.7 Å². The lowest BCUT2D eigenvalue weighted by Crippen LogP contribution is -2.24. The standard InChI is InChI=1S/C19H22O/c20-19-17(13-15-7-3-1-4-8-15)11-12-18(19)14-16-9-5-2-6-10-16/h1-10,17-20H,11-14H2/t17-,18+,19?. The summed E-state index contributed by atoms with van der Waals surface area (Å²) in [5, 5.41) is 10.6. The van der Waals surface area contributed by atoms with E-state index in [9.17, 15) is 5.11 Å². The second-order valence-electron chi connectivity index (χ2n) is 5.97. The van der Waals surface area contributed by atoms with Gasteiger partial charge in [0.15, 0.2) is 0 Å². The second kappa shape index (κ2) is 6.23. The number of hydrogen-bond donors (Lipinski definition) is 1. The molecule has 1 nitrogen and oxygen atoms in total. The van der Waals surface area contributed by atoms with Crippen LogP contribution in [0.5, 0.6) is 0 Å². The Bertz CT molecular complexity index is 470. The van der Waals surface area contributed by atoms with Crippen LogP contribution in [0.2, 0.25) is 0 Å². The zero-order valence-corrected chi connectivity index (χ0v) is 11.8. The molecule has 1 N–H and O–H groups in total. The summed E-state index contributed by atoms with van der Waals surface area (Å²) in [6.45, 7) is 0. The van der Waals surface area contributed by atoms with Gasteiger partial charge in [0.1, 0.15) is 0 Å². The van der Waals surface area contributed by atoms with Crippen molar-refractivity contribution in [2.45, 2.75) is 31.8 Å². The van der Waals surface area contributed by atoms with Gasteiger partial charge in [-0.3, -0.25) is 0 Å². The highest BCUT2D eigenvalue weighted by atomic mass is 16.3. The predicted octanol–water partition coefficient (Wildman–Crippen LogP) is 3.86. The summed E-state index contributed by atoms with van der Waals surface area (Å²) >= 11 is 0. The molecule has 1 heteroatoms. The quantitative estimate of drug-likeness (QED) is 0.891. The maximum Gasteiger partial charge on any atom is 0.0602 e. The summed E-state index contributed by atoms with van der Waals surface area (Å²) in [4.78, 5) is 0. The van der Waals surface area contributed by atoms with Gasteiger partial charge in [0.25, 0.3) is 0 Å². The molecule has 0 aromatic heterocycles. The van der Waals surface area contributed by atoms with Gasteiger partial charge in [-0.25, -0.2) is 0 Å². The normalized spacial score (nSPS) is 25.8. The molecule has 0 bridgehead atoms. The Morgan fingerprint density at radius 3 is 1.50 bits per heavy atom. The molecule has 3 atom stereocenters. The molecule has 0 heterocycles. The first kappa shape index (κ1) is 13.4. The van der Waals surface area contributed by atoms with Crippen molar-refractivity contribution in [1.82, 2.24) is 0 Å². The predicted molar refractivity (Wildman–Crippen MR) is 82.5 cm³/mol. The lowest BCUT2D eigenvalue weighted by Gasteiger charge is -2.20. The van der Waals surface area contributed by atoms with E-state index in [0.29, 0.717) is 11.8 Å². The van der Waals surface area contributed by atoms with E-state index in [4.69, 9.17) is 0 Å². The third kappa shape index (κ3) is 3.10. The van der Waals surface area contributed by atoms with Gasteiger partial charge >= 0.3 is 0 Å². The fraction of sp³-hybridized carbons (Fsp3) is 0.368. The zero-order chi connectivity index (χ0) is 13.8. The summed E-state index contributed by atoms with van der Waals surface area (Å²) < 4.78 is 0. The molecule has 2 aromatic rings. The van der Waals surface area contributed by atoms with E-state index in [1.807, 2.05) is 12.1 Å². The van der Waals surface area contributed by atoms with Gasteiger partial charge in [0.2, 0.25) is 0 Å². The van der Waals surface area contributed by atoms with Crippen molar-refractivity contribution in [3.63, 3.8) is 0 Å². The molecule has 0 aliphatic heterocycles. The van der Waals surface area contributed by atoms with Gasteiger partial charge in [-0.15, -0.1) is 0 Å². The number of aliphatic hydroxyl groups is 1. The zero-order valence-electron chi connectivity index (χ0n) is 11.8. The van der Waals surface area contributed by atoms with Crippen LogP contribution in [-0.2, 0) is 12.8 Å². The smallest absolute Gasteiger partial charge is 0.0602 e. The van der Waals surface area contributed by atoms with E-state index in [-0.39, 0.29) is 6.10 Å². The van der Waals surface area contributed by atoms with Crippen molar-refractivity contribution in [3.05, 3.63) is 71.8 Å². The van der Waals surface area contributed by atoms with Crippen molar-refractivity contribution >= 4 is 0 Å². The van der Waals surface area contributed by atoms with Crippen LogP contribution in [0.1, 0.15) is 24.0 Å². The van der Waals surface area contributed by atoms with Gasteiger partial charge in [0.05, 0.1) is 6.10 Å². The molecule has 0 spiro atoms. The molecular formula is C19H22O. The minimum absolute atomic E-state index is 0.157. The maximum absolute atomic E-state index is 10.6. The van der Waals surface area contributed by atoms with Crippen LogP contribution >= 0.6 is 0 Å². The van der Waals surface area contributed by atoms with Crippen LogP contribution in [0, 0.1) is 11.8 Å². The molecule has 1 aliphatic rings. The summed E-state index contributed by atoms with van der Waals surface area (Å²) in [6.07, 6.45) is 4.15. The highest BCUT2D eigenvalue weighted by Gasteiger charge is 2.34. The molecule has 1 fully saturated rings. The van der Waals surface area contributed by atoms with Crippen LogP contribution in [-0.4, -0.2) is 11.2 Å². The van der Waals surface area contributed by atoms with Crippen molar-refractivity contribution in [1.29, 1.82) is 0 Å². The molecule has 20 heavy (non-hydrogen) atoms. The van der Waals surface area contributed by atoms with E-state index in [1.54, 1.807) is 0 Å². The van der Waals surface area contributed by atoms with E-state index < -0.39 is 0 Å². The van der Waals surface area contributed by atoms with Gasteiger partial charge < -0.3 is 5.11 Å². The number of rotatable bonds is 4. The topological polar surface area (TPSA) is 20.2 Å². The molecule has 2 aromatic carbocycles. The molecule has 0 saturated heterocycles. The van der Waals surface area contributed by atoms with Crippen molar-refractivity contribution < 1.29 is 5.11 Å². The molecule has 1 unspecified atom stereocenters. The lowest BCUT2D eigenvalue weighted by atomic mass is 9.91.